The van der Waals surface area contributed by atoms with Gasteiger partial charge in [0, 0.05) is 25.3 Å². The second kappa shape index (κ2) is 25.6. The van der Waals surface area contributed by atoms with E-state index >= 15 is 0 Å². The topological polar surface area (TPSA) is 146 Å². The summed E-state index contributed by atoms with van der Waals surface area (Å²) in [4.78, 5) is 8.96. The number of nitrogens with two attached hydrogens (primary N) is 1. The number of halogens is 1. The molecule has 5 rings (SSSR count). The molecule has 1 fully saturated rings. The number of hydrogen-bond acceptors (Lipinski definition) is 10. The molecule has 0 amide bonds. The lowest BCUT2D eigenvalue weighted by Crippen LogP contribution is -2.28. The number of anilines is 1. The van der Waals surface area contributed by atoms with Crippen LogP contribution in [0.15, 0.2) is 58.0 Å². The smallest absolute Gasteiger partial charge is 0.270 e. The van der Waals surface area contributed by atoms with Gasteiger partial charge in [-0.3, -0.25) is 0 Å². The van der Waals surface area contributed by atoms with E-state index in [4.69, 9.17) is 14.9 Å². The minimum Gasteiger partial charge on any atom is -0.414 e. The molecule has 2 aromatic heterocycles. The number of nitrogens with one attached hydrogen (secondary N) is 1. The van der Waals surface area contributed by atoms with Crippen LogP contribution in [-0.2, 0) is 21.1 Å². The zero-order valence-electron chi connectivity index (χ0n) is 30.1. The first-order valence-corrected chi connectivity index (χ1v) is 49.6. The van der Waals surface area contributed by atoms with E-state index < -0.39 is 20.9 Å². The molecular weight excluding hydrogens is 1070 g/mol. The SMILES string of the molecule is CCNCc1ccc(-c2nnc(-c3nc(-c4ccc(S(=O)(=O)C5CCOCC5)cc4)cnc3N)o2)c(F)c1.PP(P)P(P(P)P)P(P(P)P)P(P(P)P)P(P)P. The van der Waals surface area contributed by atoms with Gasteiger partial charge in [0.2, 0.25) is 0 Å². The molecule has 1 aliphatic rings. The third kappa shape index (κ3) is 14.8. The molecule has 0 bridgehead atoms. The number of sulfone groups is 1. The predicted molar refractivity (Wildman–Crippen MR) is 291 cm³/mol. The van der Waals surface area contributed by atoms with Crippen LogP contribution in [0, 0.1) is 5.82 Å². The summed E-state index contributed by atoms with van der Waals surface area (Å²) in [6.45, 7) is 4.88. The Balaban J connectivity index is 0.000000328. The number of ether oxygens (including phenoxy) is 1. The molecule has 308 valence electrons. The van der Waals surface area contributed by atoms with Crippen LogP contribution < -0.4 is 11.1 Å². The molecular formula is C26H47FN6O4P18S. The Labute approximate surface area is 361 Å². The predicted octanol–water partition coefficient (Wildman–Crippen LogP) is 13.8. The summed E-state index contributed by atoms with van der Waals surface area (Å²) in [5, 5.41) is 10.7. The highest BCUT2D eigenvalue weighted by Crippen LogP contribution is 3.28. The highest BCUT2D eigenvalue weighted by molar-refractivity contribution is 9.33. The van der Waals surface area contributed by atoms with Gasteiger partial charge < -0.3 is 20.2 Å². The van der Waals surface area contributed by atoms with Crippen LogP contribution in [0.4, 0.5) is 10.2 Å². The minimum absolute atomic E-state index is 0.0122. The fourth-order valence-electron chi connectivity index (χ4n) is 5.09. The van der Waals surface area contributed by atoms with E-state index in [0.29, 0.717) is 43.9 Å². The molecule has 56 heavy (non-hydrogen) atoms. The zero-order chi connectivity index (χ0) is 41.3. The maximum Gasteiger partial charge on any atom is 0.270 e. The van der Waals surface area contributed by atoms with Crippen molar-refractivity contribution in [3.63, 3.8) is 0 Å². The Hall–Kier alpha value is 4.00. The molecule has 0 saturated carbocycles. The van der Waals surface area contributed by atoms with Gasteiger partial charge in [0.25, 0.3) is 11.8 Å². The normalized spacial score (nSPS) is 14.3. The highest BCUT2D eigenvalue weighted by Gasteiger charge is 2.39. The van der Waals surface area contributed by atoms with Crippen molar-refractivity contribution in [1.29, 1.82) is 0 Å². The van der Waals surface area contributed by atoms with E-state index in [0.717, 1.165) is 12.1 Å². The molecule has 30 heteroatoms. The fourth-order valence-corrected chi connectivity index (χ4v) is 216. The van der Waals surface area contributed by atoms with E-state index in [1.807, 2.05) is 6.92 Å². The van der Waals surface area contributed by atoms with Gasteiger partial charge >= 0.3 is 0 Å². The van der Waals surface area contributed by atoms with Gasteiger partial charge in [-0.1, -0.05) is 25.1 Å². The first kappa shape index (κ1) is 52.6. The Morgan fingerprint density at radius 2 is 1.38 bits per heavy atom. The molecule has 10 atom stereocenters. The molecule has 10 unspecified atom stereocenters. The average molecular weight is 1120 g/mol. The lowest BCUT2D eigenvalue weighted by atomic mass is 10.1. The summed E-state index contributed by atoms with van der Waals surface area (Å²) in [7, 11) is 27.8. The van der Waals surface area contributed by atoms with Crippen LogP contribution in [0.5, 0.6) is 0 Å². The summed E-state index contributed by atoms with van der Waals surface area (Å²) in [6, 6.07) is 11.2. The van der Waals surface area contributed by atoms with Crippen molar-refractivity contribution in [2.45, 2.75) is 36.5 Å². The van der Waals surface area contributed by atoms with Crippen molar-refractivity contribution in [1.82, 2.24) is 25.5 Å². The Morgan fingerprint density at radius 3 is 1.89 bits per heavy atom. The third-order valence-corrected chi connectivity index (χ3v) is 118. The second-order valence-electron chi connectivity index (χ2n) is 11.6. The molecule has 4 aromatic rings. The number of rotatable bonds is 15. The molecule has 10 nitrogen and oxygen atoms in total. The van der Waals surface area contributed by atoms with Crippen molar-refractivity contribution in [3.05, 3.63) is 60.0 Å². The van der Waals surface area contributed by atoms with E-state index in [1.54, 1.807) is 36.4 Å². The van der Waals surface area contributed by atoms with Gasteiger partial charge in [0.05, 0.1) is 27.6 Å². The number of nitrogens with zero attached hydrogens (tertiary/aromatic N) is 4. The Morgan fingerprint density at radius 1 is 0.821 bits per heavy atom. The maximum absolute atomic E-state index is 14.7. The molecule has 0 radical (unpaired) electrons. The van der Waals surface area contributed by atoms with E-state index in [-0.39, 0.29) is 89.7 Å². The van der Waals surface area contributed by atoms with Gasteiger partial charge in [-0.25, -0.2) is 22.8 Å². The molecule has 0 aliphatic carbocycles. The lowest BCUT2D eigenvalue weighted by Gasteiger charge is -2.43. The van der Waals surface area contributed by atoms with Crippen LogP contribution >= 0.6 is 145 Å². The van der Waals surface area contributed by atoms with Gasteiger partial charge in [0.1, 0.15) is 5.82 Å². The minimum atomic E-state index is -3.46. The first-order chi connectivity index (χ1) is 26.5. The van der Waals surface area contributed by atoms with Crippen molar-refractivity contribution < 1.29 is 22.0 Å². The van der Waals surface area contributed by atoms with Crippen LogP contribution in [0.3, 0.4) is 0 Å². The summed E-state index contributed by atoms with van der Waals surface area (Å²) in [6.07, 6.45) is 2.43. The molecule has 2 aromatic carbocycles. The largest absolute Gasteiger partial charge is 0.414 e. The Bertz CT molecular complexity index is 1950. The number of aromatic nitrogens is 4. The quantitative estimate of drug-likeness (QED) is 0.110. The van der Waals surface area contributed by atoms with Crippen LogP contribution in [0.25, 0.3) is 34.3 Å². The van der Waals surface area contributed by atoms with Crippen LogP contribution in [-0.4, -0.2) is 53.6 Å². The van der Waals surface area contributed by atoms with Gasteiger partial charge in [-0.15, -0.1) is 99.5 Å². The standard InChI is InChI=1S/C26H27FN6O4S.H20P18/c1-2-29-14-16-3-8-20(21(27)13-16)25-32-33-26(37-25)23-24(28)30-15-22(31-23)17-4-6-18(7-5-17)38(34,35)19-9-11-36-12-10-19;1-11(2)16(12(3)4)18(15(9)10)17(13(5)6)14(7)8/h3-8,13,15,19,29H,2,9-12,14H2,1H3,(H2,28,30);1-10H2. The van der Waals surface area contributed by atoms with E-state index in [2.05, 4.69) is 115 Å². The molecule has 3 N–H and O–H groups in total. The molecule has 1 aliphatic heterocycles. The van der Waals surface area contributed by atoms with Gasteiger partial charge in [-0.05, 0) is 105 Å². The summed E-state index contributed by atoms with van der Waals surface area (Å²) in [5.41, 5.74) is 8.20. The van der Waals surface area contributed by atoms with Crippen molar-refractivity contribution >= 4 is 161 Å². The van der Waals surface area contributed by atoms with E-state index in [9.17, 15) is 12.8 Å². The van der Waals surface area contributed by atoms with Crippen molar-refractivity contribution in [2.75, 3.05) is 25.5 Å². The third-order valence-electron chi connectivity index (χ3n) is 7.71. The van der Waals surface area contributed by atoms with Crippen LogP contribution in [0.2, 0.25) is 0 Å². The van der Waals surface area contributed by atoms with Crippen molar-refractivity contribution in [3.8, 4) is 34.3 Å². The molecule has 1 saturated heterocycles. The average Bonchev–Trinajstić information content (AvgIpc) is 3.64. The summed E-state index contributed by atoms with van der Waals surface area (Å²) < 4.78 is 51.7. The van der Waals surface area contributed by atoms with E-state index in [1.165, 1.54) is 12.3 Å². The highest BCUT2D eigenvalue weighted by atomic mass is 33.4. The summed E-state index contributed by atoms with van der Waals surface area (Å²) >= 11 is 0. The van der Waals surface area contributed by atoms with Crippen LogP contribution in [0.1, 0.15) is 25.3 Å². The fraction of sp³-hybridized carbons (Fsp3) is 0.308. The first-order valence-electron chi connectivity index (χ1n) is 16.2. The lowest BCUT2D eigenvalue weighted by molar-refractivity contribution is 0.0983. The monoisotopic (exact) mass is 1120 g/mol. The number of nitrogen functional groups attached to an aromatic ring is 1. The number of hydrogen-bond donors (Lipinski definition) is 2. The maximum atomic E-state index is 14.7. The zero-order valence-corrected chi connectivity index (χ0v) is 49.6. The van der Waals surface area contributed by atoms with Gasteiger partial charge in [0.15, 0.2) is 21.3 Å². The summed E-state index contributed by atoms with van der Waals surface area (Å²) in [5.74, 6) is -0.452. The Kier molecular flexibility index (Phi) is 24.1. The molecule has 0 spiro atoms. The number of benzene rings is 2. The second-order valence-corrected chi connectivity index (χ2v) is 84.1. The van der Waals surface area contributed by atoms with Crippen molar-refractivity contribution in [2.24, 2.45) is 0 Å². The molecule has 3 heterocycles. The van der Waals surface area contributed by atoms with Gasteiger partial charge in [-0.2, -0.15) is 0 Å².